The maximum Gasteiger partial charge on any atom is 0.323 e. The fraction of sp³-hybridized carbons (Fsp3) is 0.917. The highest BCUT2D eigenvalue weighted by Crippen LogP contribution is 2.25. The highest BCUT2D eigenvalue weighted by Gasteiger charge is 2.34. The molecule has 0 radical (unpaired) electrons. The van der Waals surface area contributed by atoms with Crippen molar-refractivity contribution < 1.29 is 14.3 Å². The molecule has 1 aliphatic rings. The average molecular weight is 229 g/mol. The lowest BCUT2D eigenvalue weighted by Gasteiger charge is -2.39. The van der Waals surface area contributed by atoms with Crippen LogP contribution in [0.4, 0.5) is 0 Å². The van der Waals surface area contributed by atoms with Gasteiger partial charge in [0.1, 0.15) is 6.04 Å². The molecule has 0 spiro atoms. The lowest BCUT2D eigenvalue weighted by atomic mass is 9.88. The van der Waals surface area contributed by atoms with Gasteiger partial charge in [-0.15, -0.1) is 0 Å². The Balaban J connectivity index is 2.34. The minimum Gasteiger partial charge on any atom is -0.465 e. The van der Waals surface area contributed by atoms with Gasteiger partial charge in [-0.2, -0.15) is 0 Å². The maximum atomic E-state index is 11.6. The molecule has 1 unspecified atom stereocenters. The van der Waals surface area contributed by atoms with E-state index >= 15 is 0 Å². The largest absolute Gasteiger partial charge is 0.465 e. The Morgan fingerprint density at radius 2 is 2.19 bits per heavy atom. The Hall–Kier alpha value is -0.610. The van der Waals surface area contributed by atoms with Crippen molar-refractivity contribution >= 4 is 5.97 Å². The Labute approximate surface area is 97.7 Å². The zero-order valence-corrected chi connectivity index (χ0v) is 10.5. The number of hydrogen-bond acceptors (Lipinski definition) is 4. The molecule has 1 saturated heterocycles. The summed E-state index contributed by atoms with van der Waals surface area (Å²) in [6.07, 6.45) is 1.81. The molecule has 0 saturated carbocycles. The number of hydrogen-bond donors (Lipinski definition) is 1. The molecular weight excluding hydrogens is 206 g/mol. The maximum absolute atomic E-state index is 11.6. The number of rotatable bonds is 7. The molecule has 0 aromatic heterocycles. The first-order chi connectivity index (χ1) is 7.61. The van der Waals surface area contributed by atoms with Crippen molar-refractivity contribution in [2.75, 3.05) is 26.4 Å². The van der Waals surface area contributed by atoms with Crippen molar-refractivity contribution in [1.29, 1.82) is 0 Å². The van der Waals surface area contributed by atoms with Gasteiger partial charge in [0.05, 0.1) is 19.8 Å². The molecule has 16 heavy (non-hydrogen) atoms. The van der Waals surface area contributed by atoms with Gasteiger partial charge in [0, 0.05) is 12.0 Å². The Morgan fingerprint density at radius 3 is 2.62 bits per heavy atom. The van der Waals surface area contributed by atoms with E-state index < -0.39 is 0 Å². The first-order valence-electron chi connectivity index (χ1n) is 6.09. The summed E-state index contributed by atoms with van der Waals surface area (Å²) in [6, 6.07) is -0.164. The summed E-state index contributed by atoms with van der Waals surface area (Å²) < 4.78 is 10.2. The van der Waals surface area contributed by atoms with Crippen molar-refractivity contribution in [3.05, 3.63) is 0 Å². The van der Waals surface area contributed by atoms with Crippen molar-refractivity contribution in [2.24, 2.45) is 5.41 Å². The molecular formula is C12H23NO3. The van der Waals surface area contributed by atoms with Crippen LogP contribution in [0.3, 0.4) is 0 Å². The van der Waals surface area contributed by atoms with Gasteiger partial charge in [-0.05, 0) is 13.3 Å². The third-order valence-corrected chi connectivity index (χ3v) is 2.82. The summed E-state index contributed by atoms with van der Waals surface area (Å²) >= 11 is 0. The van der Waals surface area contributed by atoms with Crippen LogP contribution in [-0.4, -0.2) is 38.4 Å². The summed E-state index contributed by atoms with van der Waals surface area (Å²) in [6.45, 7) is 8.89. The number of carbonyl (C=O) groups excluding carboxylic acids is 1. The van der Waals surface area contributed by atoms with Crippen LogP contribution in [0, 0.1) is 5.41 Å². The highest BCUT2D eigenvalue weighted by molar-refractivity contribution is 5.75. The standard InChI is InChI=1S/C12H23NO3/c1-4-6-10(11(14)16-5-2)13-7-12(3)8-15-9-12/h10,13H,4-9H2,1-3H3. The molecule has 0 amide bonds. The van der Waals surface area contributed by atoms with E-state index in [0.717, 1.165) is 32.6 Å². The van der Waals surface area contributed by atoms with Crippen molar-refractivity contribution in [1.82, 2.24) is 5.32 Å². The quantitative estimate of drug-likeness (QED) is 0.669. The fourth-order valence-corrected chi connectivity index (χ4v) is 1.76. The van der Waals surface area contributed by atoms with Crippen LogP contribution >= 0.6 is 0 Å². The van der Waals surface area contributed by atoms with Crippen LogP contribution in [0.15, 0.2) is 0 Å². The predicted octanol–water partition coefficient (Wildman–Crippen LogP) is 1.34. The second-order valence-corrected chi connectivity index (χ2v) is 4.78. The van der Waals surface area contributed by atoms with Gasteiger partial charge in [-0.3, -0.25) is 4.79 Å². The second kappa shape index (κ2) is 6.21. The number of carbonyl (C=O) groups is 1. The number of esters is 1. The number of nitrogens with one attached hydrogen (secondary N) is 1. The summed E-state index contributed by atoms with van der Waals surface area (Å²) in [5.41, 5.74) is 0.193. The first kappa shape index (κ1) is 13.5. The molecule has 1 N–H and O–H groups in total. The third-order valence-electron chi connectivity index (χ3n) is 2.82. The van der Waals surface area contributed by atoms with E-state index in [0.29, 0.717) is 6.61 Å². The van der Waals surface area contributed by atoms with Gasteiger partial charge in [0.2, 0.25) is 0 Å². The molecule has 4 nitrogen and oxygen atoms in total. The Kier molecular flexibility index (Phi) is 5.22. The zero-order valence-electron chi connectivity index (χ0n) is 10.5. The fourth-order valence-electron chi connectivity index (χ4n) is 1.76. The molecule has 1 heterocycles. The summed E-state index contributed by atoms with van der Waals surface area (Å²) in [5.74, 6) is -0.131. The van der Waals surface area contributed by atoms with Crippen molar-refractivity contribution in [2.45, 2.75) is 39.7 Å². The molecule has 0 aromatic rings. The van der Waals surface area contributed by atoms with Crippen molar-refractivity contribution in [3.63, 3.8) is 0 Å². The molecule has 94 valence electrons. The molecule has 1 rings (SSSR count). The van der Waals surface area contributed by atoms with Gasteiger partial charge in [0.15, 0.2) is 0 Å². The van der Waals surface area contributed by atoms with E-state index in [9.17, 15) is 4.79 Å². The second-order valence-electron chi connectivity index (χ2n) is 4.78. The topological polar surface area (TPSA) is 47.6 Å². The Morgan fingerprint density at radius 1 is 1.50 bits per heavy atom. The summed E-state index contributed by atoms with van der Waals surface area (Å²) in [5, 5.41) is 3.29. The lowest BCUT2D eigenvalue weighted by molar-refractivity contribution is -0.147. The zero-order chi connectivity index (χ0) is 12.0. The van der Waals surface area contributed by atoms with E-state index in [1.807, 2.05) is 6.92 Å². The van der Waals surface area contributed by atoms with E-state index in [-0.39, 0.29) is 17.4 Å². The van der Waals surface area contributed by atoms with Gasteiger partial charge in [-0.25, -0.2) is 0 Å². The van der Waals surface area contributed by atoms with Crippen LogP contribution in [0.1, 0.15) is 33.6 Å². The van der Waals surface area contributed by atoms with Crippen LogP contribution in [0.2, 0.25) is 0 Å². The molecule has 0 bridgehead atoms. The van der Waals surface area contributed by atoms with Crippen LogP contribution in [-0.2, 0) is 14.3 Å². The molecule has 1 aliphatic heterocycles. The van der Waals surface area contributed by atoms with E-state index in [1.54, 1.807) is 0 Å². The molecule has 1 fully saturated rings. The van der Waals surface area contributed by atoms with Gasteiger partial charge >= 0.3 is 5.97 Å². The molecule has 0 aromatic carbocycles. The van der Waals surface area contributed by atoms with E-state index in [2.05, 4.69) is 19.2 Å². The minimum absolute atomic E-state index is 0.131. The van der Waals surface area contributed by atoms with E-state index in [4.69, 9.17) is 9.47 Å². The first-order valence-corrected chi connectivity index (χ1v) is 6.09. The Bertz CT molecular complexity index is 226. The lowest BCUT2D eigenvalue weighted by Crippen LogP contribution is -2.51. The molecule has 4 heteroatoms. The average Bonchev–Trinajstić information content (AvgIpc) is 2.21. The molecule has 1 atom stereocenters. The van der Waals surface area contributed by atoms with Crippen molar-refractivity contribution in [3.8, 4) is 0 Å². The van der Waals surface area contributed by atoms with E-state index in [1.165, 1.54) is 0 Å². The monoisotopic (exact) mass is 229 g/mol. The number of ether oxygens (including phenoxy) is 2. The highest BCUT2D eigenvalue weighted by atomic mass is 16.5. The van der Waals surface area contributed by atoms with Gasteiger partial charge in [-0.1, -0.05) is 20.3 Å². The van der Waals surface area contributed by atoms with Gasteiger partial charge < -0.3 is 14.8 Å². The smallest absolute Gasteiger partial charge is 0.323 e. The normalized spacial score (nSPS) is 19.9. The minimum atomic E-state index is -0.164. The molecule has 0 aliphatic carbocycles. The van der Waals surface area contributed by atoms with Crippen LogP contribution < -0.4 is 5.32 Å². The predicted molar refractivity (Wildman–Crippen MR) is 62.3 cm³/mol. The SMILES string of the molecule is CCCC(NCC1(C)COC1)C(=O)OCC. The van der Waals surface area contributed by atoms with Crippen LogP contribution in [0.25, 0.3) is 0 Å². The summed E-state index contributed by atoms with van der Waals surface area (Å²) in [4.78, 5) is 11.6. The van der Waals surface area contributed by atoms with Gasteiger partial charge in [0.25, 0.3) is 0 Å². The third kappa shape index (κ3) is 3.76. The summed E-state index contributed by atoms with van der Waals surface area (Å²) in [7, 11) is 0. The van der Waals surface area contributed by atoms with Crippen LogP contribution in [0.5, 0.6) is 0 Å².